The van der Waals surface area contributed by atoms with Crippen LogP contribution in [0.3, 0.4) is 0 Å². The number of rotatable bonds is 4. The molecule has 0 amide bonds. The van der Waals surface area contributed by atoms with Crippen LogP contribution in [-0.2, 0) is 16.0 Å². The predicted octanol–water partition coefficient (Wildman–Crippen LogP) is 1.89. The van der Waals surface area contributed by atoms with Gasteiger partial charge in [-0.1, -0.05) is 13.0 Å². The van der Waals surface area contributed by atoms with Crippen LogP contribution >= 0.6 is 0 Å². The molecule has 3 aliphatic rings. The SMILES string of the molecule is C[C@H]1CN(Cc2cccnc2)C[C@@]12COCCN(C[C@H]1CCOC1)C2. The van der Waals surface area contributed by atoms with Crippen molar-refractivity contribution in [3.05, 3.63) is 30.1 Å². The van der Waals surface area contributed by atoms with Gasteiger partial charge in [-0.15, -0.1) is 0 Å². The highest BCUT2D eigenvalue weighted by atomic mass is 16.5. The van der Waals surface area contributed by atoms with E-state index in [1.807, 2.05) is 18.5 Å². The van der Waals surface area contributed by atoms with E-state index in [2.05, 4.69) is 27.8 Å². The Labute approximate surface area is 151 Å². The fourth-order valence-corrected chi connectivity index (χ4v) is 4.80. The molecule has 3 aliphatic heterocycles. The summed E-state index contributed by atoms with van der Waals surface area (Å²) in [7, 11) is 0. The maximum Gasteiger partial charge on any atom is 0.0593 e. The number of likely N-dealkylation sites (tertiary alicyclic amines) is 1. The van der Waals surface area contributed by atoms with Gasteiger partial charge >= 0.3 is 0 Å². The van der Waals surface area contributed by atoms with Crippen LogP contribution in [0.4, 0.5) is 0 Å². The highest BCUT2D eigenvalue weighted by molar-refractivity contribution is 5.09. The average molecular weight is 345 g/mol. The maximum atomic E-state index is 6.08. The van der Waals surface area contributed by atoms with Gasteiger partial charge in [0, 0.05) is 63.7 Å². The van der Waals surface area contributed by atoms with Crippen molar-refractivity contribution in [3.63, 3.8) is 0 Å². The molecular formula is C20H31N3O2. The molecule has 3 saturated heterocycles. The van der Waals surface area contributed by atoms with Crippen molar-refractivity contribution < 1.29 is 9.47 Å². The molecule has 0 aromatic carbocycles. The summed E-state index contributed by atoms with van der Waals surface area (Å²) in [4.78, 5) is 9.50. The lowest BCUT2D eigenvalue weighted by Crippen LogP contribution is -2.45. The van der Waals surface area contributed by atoms with Gasteiger partial charge in [-0.3, -0.25) is 14.8 Å². The fourth-order valence-electron chi connectivity index (χ4n) is 4.80. The summed E-state index contributed by atoms with van der Waals surface area (Å²) in [6, 6.07) is 4.21. The van der Waals surface area contributed by atoms with Crippen molar-refractivity contribution in [3.8, 4) is 0 Å². The molecule has 138 valence electrons. The van der Waals surface area contributed by atoms with E-state index >= 15 is 0 Å². The molecule has 0 radical (unpaired) electrons. The van der Waals surface area contributed by atoms with Crippen molar-refractivity contribution in [2.75, 3.05) is 59.2 Å². The second-order valence-corrected chi connectivity index (χ2v) is 8.31. The third-order valence-corrected chi connectivity index (χ3v) is 6.27. The molecule has 0 saturated carbocycles. The zero-order valence-electron chi connectivity index (χ0n) is 15.4. The van der Waals surface area contributed by atoms with E-state index in [1.54, 1.807) is 0 Å². The van der Waals surface area contributed by atoms with Crippen molar-refractivity contribution in [2.24, 2.45) is 17.3 Å². The molecule has 1 aromatic rings. The van der Waals surface area contributed by atoms with E-state index in [-0.39, 0.29) is 5.41 Å². The number of nitrogens with zero attached hydrogens (tertiary/aromatic N) is 3. The summed E-state index contributed by atoms with van der Waals surface area (Å²) < 4.78 is 11.7. The summed E-state index contributed by atoms with van der Waals surface area (Å²) in [6.45, 7) is 12.7. The van der Waals surface area contributed by atoms with E-state index in [4.69, 9.17) is 9.47 Å². The molecule has 0 N–H and O–H groups in total. The molecule has 0 unspecified atom stereocenters. The number of aromatic nitrogens is 1. The minimum atomic E-state index is 0.262. The first kappa shape index (κ1) is 17.4. The summed E-state index contributed by atoms with van der Waals surface area (Å²) in [5.74, 6) is 1.36. The van der Waals surface area contributed by atoms with Gasteiger partial charge in [-0.25, -0.2) is 0 Å². The standard InChI is InChI=1S/C20H31N3O2/c1-17-10-23(11-18-3-2-5-21-9-18)15-20(17)14-22(6-8-25-16-20)12-19-4-7-24-13-19/h2-3,5,9,17,19H,4,6-8,10-16H2,1H3/t17-,19+,20-/m0/s1. The van der Waals surface area contributed by atoms with E-state index in [9.17, 15) is 0 Å². The molecule has 25 heavy (non-hydrogen) atoms. The molecule has 1 spiro atoms. The van der Waals surface area contributed by atoms with Gasteiger partial charge in [0.2, 0.25) is 0 Å². The van der Waals surface area contributed by atoms with E-state index in [0.717, 1.165) is 59.2 Å². The lowest BCUT2D eigenvalue weighted by Gasteiger charge is -2.36. The van der Waals surface area contributed by atoms with Crippen LogP contribution in [-0.4, -0.2) is 73.9 Å². The van der Waals surface area contributed by atoms with Gasteiger partial charge in [-0.05, 0) is 29.9 Å². The first-order valence-corrected chi connectivity index (χ1v) is 9.73. The third kappa shape index (κ3) is 4.05. The second kappa shape index (κ2) is 7.70. The Morgan fingerprint density at radius 3 is 2.96 bits per heavy atom. The summed E-state index contributed by atoms with van der Waals surface area (Å²) in [5.41, 5.74) is 1.57. The van der Waals surface area contributed by atoms with Crippen LogP contribution < -0.4 is 0 Å². The van der Waals surface area contributed by atoms with Gasteiger partial charge < -0.3 is 9.47 Å². The van der Waals surface area contributed by atoms with E-state index in [0.29, 0.717) is 11.8 Å². The number of pyridine rings is 1. The molecule has 3 atom stereocenters. The summed E-state index contributed by atoms with van der Waals surface area (Å²) >= 11 is 0. The molecule has 5 heteroatoms. The highest BCUT2D eigenvalue weighted by Crippen LogP contribution is 2.39. The normalized spacial score (nSPS) is 34.6. The van der Waals surface area contributed by atoms with Gasteiger partial charge in [0.15, 0.2) is 0 Å². The molecule has 0 aliphatic carbocycles. The zero-order valence-corrected chi connectivity index (χ0v) is 15.4. The molecule has 3 fully saturated rings. The van der Waals surface area contributed by atoms with Crippen LogP contribution in [0.25, 0.3) is 0 Å². The van der Waals surface area contributed by atoms with Crippen molar-refractivity contribution in [1.29, 1.82) is 0 Å². The highest BCUT2D eigenvalue weighted by Gasteiger charge is 2.46. The van der Waals surface area contributed by atoms with E-state index < -0.39 is 0 Å². The smallest absolute Gasteiger partial charge is 0.0593 e. The molecule has 4 rings (SSSR count). The monoisotopic (exact) mass is 345 g/mol. The van der Waals surface area contributed by atoms with Crippen molar-refractivity contribution in [1.82, 2.24) is 14.8 Å². The van der Waals surface area contributed by atoms with Crippen LogP contribution in [0.2, 0.25) is 0 Å². The Morgan fingerprint density at radius 2 is 2.16 bits per heavy atom. The molecule has 0 bridgehead atoms. The largest absolute Gasteiger partial charge is 0.381 e. The minimum Gasteiger partial charge on any atom is -0.381 e. The third-order valence-electron chi connectivity index (χ3n) is 6.27. The summed E-state index contributed by atoms with van der Waals surface area (Å²) in [6.07, 6.45) is 5.06. The lowest BCUT2D eigenvalue weighted by molar-refractivity contribution is 0.0494. The van der Waals surface area contributed by atoms with Crippen LogP contribution in [0.15, 0.2) is 24.5 Å². The molecule has 1 aromatic heterocycles. The number of hydrogen-bond acceptors (Lipinski definition) is 5. The van der Waals surface area contributed by atoms with Crippen LogP contribution in [0.5, 0.6) is 0 Å². The molecule has 5 nitrogen and oxygen atoms in total. The Morgan fingerprint density at radius 1 is 1.24 bits per heavy atom. The first-order valence-electron chi connectivity index (χ1n) is 9.73. The topological polar surface area (TPSA) is 37.8 Å². The van der Waals surface area contributed by atoms with Crippen LogP contribution in [0.1, 0.15) is 18.9 Å². The lowest BCUT2D eigenvalue weighted by atomic mass is 9.79. The average Bonchev–Trinajstić information content (AvgIpc) is 3.15. The second-order valence-electron chi connectivity index (χ2n) is 8.31. The van der Waals surface area contributed by atoms with Gasteiger partial charge in [0.25, 0.3) is 0 Å². The number of ether oxygens (including phenoxy) is 2. The Balaban J connectivity index is 1.41. The Kier molecular flexibility index (Phi) is 5.36. The molecular weight excluding hydrogens is 314 g/mol. The van der Waals surface area contributed by atoms with Crippen LogP contribution in [0, 0.1) is 17.3 Å². The van der Waals surface area contributed by atoms with Crippen molar-refractivity contribution in [2.45, 2.75) is 19.9 Å². The van der Waals surface area contributed by atoms with Gasteiger partial charge in [0.1, 0.15) is 0 Å². The fraction of sp³-hybridized carbons (Fsp3) is 0.750. The first-order chi connectivity index (χ1) is 12.2. The number of hydrogen-bond donors (Lipinski definition) is 0. The predicted molar refractivity (Wildman–Crippen MR) is 97.3 cm³/mol. The Hall–Kier alpha value is -1.01. The van der Waals surface area contributed by atoms with Gasteiger partial charge in [-0.2, -0.15) is 0 Å². The molecule has 4 heterocycles. The maximum absolute atomic E-state index is 6.08. The van der Waals surface area contributed by atoms with Gasteiger partial charge in [0.05, 0.1) is 19.8 Å². The minimum absolute atomic E-state index is 0.262. The summed E-state index contributed by atoms with van der Waals surface area (Å²) in [5, 5.41) is 0. The zero-order chi connectivity index (χ0) is 17.1. The quantitative estimate of drug-likeness (QED) is 0.833. The van der Waals surface area contributed by atoms with Crippen molar-refractivity contribution >= 4 is 0 Å². The van der Waals surface area contributed by atoms with E-state index in [1.165, 1.54) is 18.5 Å². The Bertz CT molecular complexity index is 549.